The lowest BCUT2D eigenvalue weighted by atomic mass is 10.0. The number of benzene rings is 3. The van der Waals surface area contributed by atoms with Crippen LogP contribution in [0, 0.1) is 0 Å². The lowest BCUT2D eigenvalue weighted by Gasteiger charge is -2.26. The zero-order chi connectivity index (χ0) is 19.6. The lowest BCUT2D eigenvalue weighted by molar-refractivity contribution is -0.117. The molecule has 1 unspecified atom stereocenters. The maximum atomic E-state index is 12.7. The number of carbonyl (C=O) groups is 1. The molecular weight excluding hydrogens is 364 g/mol. The van der Waals surface area contributed by atoms with Crippen LogP contribution in [0.15, 0.2) is 60.7 Å². The molecule has 29 heavy (non-hydrogen) atoms. The van der Waals surface area contributed by atoms with E-state index in [2.05, 4.69) is 34.5 Å². The van der Waals surface area contributed by atoms with Crippen LogP contribution < -0.4 is 14.8 Å². The third kappa shape index (κ3) is 3.78. The second-order valence-electron chi connectivity index (χ2n) is 7.64. The van der Waals surface area contributed by atoms with Crippen LogP contribution in [0.1, 0.15) is 24.4 Å². The molecule has 2 aliphatic heterocycles. The van der Waals surface area contributed by atoms with Crippen LogP contribution in [0.4, 0.5) is 5.69 Å². The van der Waals surface area contributed by atoms with E-state index in [4.69, 9.17) is 9.47 Å². The van der Waals surface area contributed by atoms with E-state index >= 15 is 0 Å². The van der Waals surface area contributed by atoms with Gasteiger partial charge in [-0.1, -0.05) is 36.4 Å². The predicted octanol–water partition coefficient (Wildman–Crippen LogP) is 4.39. The number of nitrogens with zero attached hydrogens (tertiary/aromatic N) is 1. The first-order chi connectivity index (χ1) is 14.3. The molecule has 0 bridgehead atoms. The first kappa shape index (κ1) is 18.0. The summed E-state index contributed by atoms with van der Waals surface area (Å²) < 4.78 is 11.4. The Labute approximate surface area is 170 Å². The number of hydrogen-bond donors (Lipinski definition) is 1. The molecule has 0 radical (unpaired) electrons. The Hall–Kier alpha value is -3.05. The van der Waals surface area contributed by atoms with Crippen molar-refractivity contribution in [2.75, 3.05) is 31.6 Å². The van der Waals surface area contributed by atoms with Crippen LogP contribution in [0.25, 0.3) is 10.8 Å². The fourth-order valence-electron chi connectivity index (χ4n) is 4.31. The topological polar surface area (TPSA) is 50.8 Å². The Morgan fingerprint density at radius 3 is 2.69 bits per heavy atom. The predicted molar refractivity (Wildman–Crippen MR) is 114 cm³/mol. The van der Waals surface area contributed by atoms with Crippen molar-refractivity contribution in [3.05, 3.63) is 66.2 Å². The molecule has 1 amide bonds. The smallest absolute Gasteiger partial charge is 0.238 e. The standard InChI is InChI=1S/C24H24N2O3/c27-24(25-20-9-7-17-4-1-2-5-18(17)14-20)16-26-11-3-6-21(26)19-8-10-22-23(15-19)29-13-12-28-22/h1-2,4-5,7-10,14-15,21H,3,6,11-13,16H2,(H,25,27). The van der Waals surface area contributed by atoms with Crippen molar-refractivity contribution in [3.63, 3.8) is 0 Å². The van der Waals surface area contributed by atoms with Crippen molar-refractivity contribution in [2.24, 2.45) is 0 Å². The van der Waals surface area contributed by atoms with E-state index in [0.29, 0.717) is 19.8 Å². The molecule has 1 saturated heterocycles. The summed E-state index contributed by atoms with van der Waals surface area (Å²) in [6.45, 7) is 2.48. The minimum atomic E-state index is 0.0183. The average molecular weight is 388 g/mol. The Morgan fingerprint density at radius 1 is 0.966 bits per heavy atom. The van der Waals surface area contributed by atoms with Crippen LogP contribution in [0.5, 0.6) is 11.5 Å². The minimum Gasteiger partial charge on any atom is -0.486 e. The third-order valence-electron chi connectivity index (χ3n) is 5.69. The second-order valence-corrected chi connectivity index (χ2v) is 7.64. The van der Waals surface area contributed by atoms with E-state index < -0.39 is 0 Å². The molecule has 2 heterocycles. The molecule has 0 aromatic heterocycles. The fraction of sp³-hybridized carbons (Fsp3) is 0.292. The number of likely N-dealkylation sites (tertiary alicyclic amines) is 1. The van der Waals surface area contributed by atoms with Gasteiger partial charge < -0.3 is 14.8 Å². The quantitative estimate of drug-likeness (QED) is 0.720. The first-order valence-electron chi connectivity index (χ1n) is 10.2. The third-order valence-corrected chi connectivity index (χ3v) is 5.69. The van der Waals surface area contributed by atoms with Crippen LogP contribution in [0.2, 0.25) is 0 Å². The zero-order valence-electron chi connectivity index (χ0n) is 16.3. The number of ether oxygens (including phenoxy) is 2. The van der Waals surface area contributed by atoms with E-state index in [0.717, 1.165) is 42.0 Å². The molecule has 1 fully saturated rings. The second kappa shape index (κ2) is 7.76. The highest BCUT2D eigenvalue weighted by molar-refractivity contribution is 5.95. The molecule has 0 aliphatic carbocycles. The summed E-state index contributed by atoms with van der Waals surface area (Å²) in [5, 5.41) is 5.35. The van der Waals surface area contributed by atoms with Crippen molar-refractivity contribution < 1.29 is 14.3 Å². The monoisotopic (exact) mass is 388 g/mol. The van der Waals surface area contributed by atoms with E-state index in [1.54, 1.807) is 0 Å². The molecule has 5 heteroatoms. The van der Waals surface area contributed by atoms with Gasteiger partial charge in [0, 0.05) is 11.7 Å². The normalized spacial score (nSPS) is 18.7. The molecule has 0 saturated carbocycles. The van der Waals surface area contributed by atoms with E-state index in [9.17, 15) is 4.79 Å². The largest absolute Gasteiger partial charge is 0.486 e. The molecule has 148 valence electrons. The Bertz CT molecular complexity index is 1050. The summed E-state index contributed by atoms with van der Waals surface area (Å²) >= 11 is 0. The Kier molecular flexibility index (Phi) is 4.82. The van der Waals surface area contributed by atoms with Gasteiger partial charge in [-0.25, -0.2) is 0 Å². The summed E-state index contributed by atoms with van der Waals surface area (Å²) in [4.78, 5) is 15.0. The first-order valence-corrected chi connectivity index (χ1v) is 10.2. The van der Waals surface area contributed by atoms with Gasteiger partial charge in [0.1, 0.15) is 13.2 Å². The summed E-state index contributed by atoms with van der Waals surface area (Å²) in [6.07, 6.45) is 2.13. The van der Waals surface area contributed by atoms with E-state index in [1.165, 1.54) is 10.9 Å². The molecule has 5 nitrogen and oxygen atoms in total. The maximum absolute atomic E-state index is 12.7. The van der Waals surface area contributed by atoms with Crippen molar-refractivity contribution in [1.82, 2.24) is 4.90 Å². The molecule has 3 aromatic carbocycles. The van der Waals surface area contributed by atoms with Crippen LogP contribution in [0.3, 0.4) is 0 Å². The van der Waals surface area contributed by atoms with Gasteiger partial charge in [-0.3, -0.25) is 9.69 Å². The number of fused-ring (bicyclic) bond motifs is 2. The lowest BCUT2D eigenvalue weighted by Crippen LogP contribution is -2.33. The number of carbonyl (C=O) groups excluding carboxylic acids is 1. The highest BCUT2D eigenvalue weighted by Crippen LogP contribution is 2.37. The summed E-state index contributed by atoms with van der Waals surface area (Å²) in [6, 6.07) is 20.6. The molecule has 1 N–H and O–H groups in total. The maximum Gasteiger partial charge on any atom is 0.238 e. The minimum absolute atomic E-state index is 0.0183. The van der Waals surface area contributed by atoms with E-state index in [1.807, 2.05) is 36.4 Å². The Morgan fingerprint density at radius 2 is 1.79 bits per heavy atom. The zero-order valence-corrected chi connectivity index (χ0v) is 16.3. The average Bonchev–Trinajstić information content (AvgIpc) is 3.21. The highest BCUT2D eigenvalue weighted by atomic mass is 16.6. The van der Waals surface area contributed by atoms with Gasteiger partial charge in [-0.15, -0.1) is 0 Å². The van der Waals surface area contributed by atoms with Gasteiger partial charge in [0.25, 0.3) is 0 Å². The van der Waals surface area contributed by atoms with Gasteiger partial charge in [0.15, 0.2) is 11.5 Å². The van der Waals surface area contributed by atoms with Crippen LogP contribution in [-0.2, 0) is 4.79 Å². The van der Waals surface area contributed by atoms with Gasteiger partial charge in [-0.2, -0.15) is 0 Å². The number of amides is 1. The van der Waals surface area contributed by atoms with Crippen molar-refractivity contribution in [1.29, 1.82) is 0 Å². The molecule has 2 aliphatic rings. The van der Waals surface area contributed by atoms with Gasteiger partial charge in [0.2, 0.25) is 5.91 Å². The highest BCUT2D eigenvalue weighted by Gasteiger charge is 2.28. The number of anilines is 1. The summed E-state index contributed by atoms with van der Waals surface area (Å²) in [5.41, 5.74) is 2.02. The van der Waals surface area contributed by atoms with Gasteiger partial charge >= 0.3 is 0 Å². The van der Waals surface area contributed by atoms with Crippen molar-refractivity contribution >= 4 is 22.4 Å². The van der Waals surface area contributed by atoms with Crippen molar-refractivity contribution in [2.45, 2.75) is 18.9 Å². The number of rotatable bonds is 4. The molecule has 3 aromatic rings. The van der Waals surface area contributed by atoms with E-state index in [-0.39, 0.29) is 11.9 Å². The van der Waals surface area contributed by atoms with Gasteiger partial charge in [0.05, 0.1) is 6.54 Å². The fourth-order valence-corrected chi connectivity index (χ4v) is 4.31. The molecule has 5 rings (SSSR count). The number of nitrogens with one attached hydrogen (secondary N) is 1. The number of hydrogen-bond acceptors (Lipinski definition) is 4. The molecule has 0 spiro atoms. The summed E-state index contributed by atoms with van der Waals surface area (Å²) in [7, 11) is 0. The molecular formula is C24H24N2O3. The van der Waals surface area contributed by atoms with Crippen LogP contribution in [-0.4, -0.2) is 37.1 Å². The SMILES string of the molecule is O=C(CN1CCCC1c1ccc2c(c1)OCCO2)Nc1ccc2ccccc2c1. The van der Waals surface area contributed by atoms with Crippen molar-refractivity contribution in [3.8, 4) is 11.5 Å². The van der Waals surface area contributed by atoms with Gasteiger partial charge in [-0.05, 0) is 60.0 Å². The van der Waals surface area contributed by atoms with Crippen LogP contribution >= 0.6 is 0 Å². The Balaban J connectivity index is 1.28. The molecule has 1 atom stereocenters. The summed E-state index contributed by atoms with van der Waals surface area (Å²) in [5.74, 6) is 1.63.